The van der Waals surface area contributed by atoms with Crippen molar-refractivity contribution in [2.75, 3.05) is 19.5 Å². The maximum Gasteiger partial charge on any atom is 0.296 e. The molecule has 1 atom stereocenters. The standard InChI is InChI=1S/C23H22N4O4/c1-14(17-6-4-5-7-20(17)29-3)26-23-27-18-9-8-15(13-21(18)31-23)30-16-10-11-25-19(12-16)22(28)24-2/h4-14H,1-3H3,(H,24,28)(H,26,27)/t14-/m1/s1. The molecule has 158 valence electrons. The van der Waals surface area contributed by atoms with Gasteiger partial charge < -0.3 is 24.5 Å². The van der Waals surface area contributed by atoms with E-state index in [0.717, 1.165) is 11.3 Å². The van der Waals surface area contributed by atoms with E-state index in [-0.39, 0.29) is 17.6 Å². The molecule has 4 aromatic rings. The maximum absolute atomic E-state index is 11.8. The Morgan fingerprint density at radius 3 is 2.71 bits per heavy atom. The fourth-order valence-corrected chi connectivity index (χ4v) is 3.18. The number of ether oxygens (including phenoxy) is 2. The molecule has 0 aliphatic heterocycles. The van der Waals surface area contributed by atoms with E-state index in [0.29, 0.717) is 28.6 Å². The average molecular weight is 418 g/mol. The Labute approximate surface area is 179 Å². The molecule has 2 aromatic carbocycles. The number of nitrogens with zero attached hydrogens (tertiary/aromatic N) is 2. The van der Waals surface area contributed by atoms with Crippen LogP contribution in [-0.2, 0) is 0 Å². The van der Waals surface area contributed by atoms with Crippen molar-refractivity contribution in [1.29, 1.82) is 0 Å². The maximum atomic E-state index is 11.8. The van der Waals surface area contributed by atoms with Crippen molar-refractivity contribution in [2.45, 2.75) is 13.0 Å². The van der Waals surface area contributed by atoms with Gasteiger partial charge in [-0.25, -0.2) is 0 Å². The van der Waals surface area contributed by atoms with Crippen molar-refractivity contribution >= 4 is 23.0 Å². The van der Waals surface area contributed by atoms with E-state index in [9.17, 15) is 4.79 Å². The second-order valence-electron chi connectivity index (χ2n) is 6.81. The molecule has 0 saturated carbocycles. The number of aromatic nitrogens is 2. The minimum absolute atomic E-state index is 0.0696. The molecule has 0 aliphatic rings. The minimum atomic E-state index is -0.281. The molecule has 0 aliphatic carbocycles. The third-order valence-corrected chi connectivity index (χ3v) is 4.73. The molecule has 8 nitrogen and oxygen atoms in total. The van der Waals surface area contributed by atoms with E-state index < -0.39 is 0 Å². The van der Waals surface area contributed by atoms with Crippen molar-refractivity contribution in [2.24, 2.45) is 0 Å². The monoisotopic (exact) mass is 418 g/mol. The molecule has 0 fully saturated rings. The Balaban J connectivity index is 1.53. The van der Waals surface area contributed by atoms with Crippen LogP contribution in [0.15, 0.2) is 65.2 Å². The summed E-state index contributed by atoms with van der Waals surface area (Å²) in [6, 6.07) is 16.7. The lowest BCUT2D eigenvalue weighted by molar-refractivity contribution is 0.0958. The van der Waals surface area contributed by atoms with Crippen LogP contribution in [-0.4, -0.2) is 30.0 Å². The van der Waals surface area contributed by atoms with Crippen molar-refractivity contribution in [3.63, 3.8) is 0 Å². The van der Waals surface area contributed by atoms with Crippen LogP contribution in [0, 0.1) is 0 Å². The Kier molecular flexibility index (Phi) is 5.70. The van der Waals surface area contributed by atoms with Crippen molar-refractivity contribution in [3.05, 3.63) is 72.1 Å². The van der Waals surface area contributed by atoms with Gasteiger partial charge in [-0.2, -0.15) is 4.98 Å². The van der Waals surface area contributed by atoms with Crippen LogP contribution in [0.3, 0.4) is 0 Å². The highest BCUT2D eigenvalue weighted by atomic mass is 16.5. The molecule has 0 bridgehead atoms. The number of pyridine rings is 1. The van der Waals surface area contributed by atoms with Gasteiger partial charge in [-0.05, 0) is 31.2 Å². The minimum Gasteiger partial charge on any atom is -0.496 e. The number of rotatable bonds is 7. The lowest BCUT2D eigenvalue weighted by Crippen LogP contribution is -2.18. The van der Waals surface area contributed by atoms with Crippen molar-refractivity contribution in [1.82, 2.24) is 15.3 Å². The second kappa shape index (κ2) is 8.74. The summed E-state index contributed by atoms with van der Waals surface area (Å²) in [4.78, 5) is 20.3. The van der Waals surface area contributed by atoms with E-state index in [1.165, 1.54) is 6.20 Å². The summed E-state index contributed by atoms with van der Waals surface area (Å²) < 4.78 is 17.2. The van der Waals surface area contributed by atoms with Gasteiger partial charge in [0.05, 0.1) is 13.2 Å². The fraction of sp³-hybridized carbons (Fsp3) is 0.174. The first-order chi connectivity index (χ1) is 15.1. The van der Waals surface area contributed by atoms with Crippen LogP contribution < -0.4 is 20.1 Å². The summed E-state index contributed by atoms with van der Waals surface area (Å²) in [6.07, 6.45) is 1.52. The van der Waals surface area contributed by atoms with Gasteiger partial charge in [0.25, 0.3) is 11.9 Å². The first kappa shape index (κ1) is 20.2. The number of methoxy groups -OCH3 is 1. The van der Waals surface area contributed by atoms with Gasteiger partial charge in [-0.3, -0.25) is 9.78 Å². The third kappa shape index (κ3) is 4.42. The Bertz CT molecular complexity index is 1220. The van der Waals surface area contributed by atoms with Gasteiger partial charge in [0.1, 0.15) is 28.5 Å². The Morgan fingerprint density at radius 1 is 1.10 bits per heavy atom. The SMILES string of the molecule is CNC(=O)c1cc(Oc2ccc3nc(N[C@H](C)c4ccccc4OC)oc3c2)ccn1. The lowest BCUT2D eigenvalue weighted by Gasteiger charge is -2.15. The van der Waals surface area contributed by atoms with Crippen LogP contribution in [0.1, 0.15) is 29.0 Å². The summed E-state index contributed by atoms with van der Waals surface area (Å²) in [5.41, 5.74) is 2.55. The number of hydrogen-bond donors (Lipinski definition) is 2. The van der Waals surface area contributed by atoms with Crippen molar-refractivity contribution in [3.8, 4) is 17.2 Å². The molecule has 2 N–H and O–H groups in total. The van der Waals surface area contributed by atoms with Crippen molar-refractivity contribution < 1.29 is 18.7 Å². The van der Waals surface area contributed by atoms with Gasteiger partial charge in [-0.15, -0.1) is 0 Å². The number of para-hydroxylation sites is 1. The predicted molar refractivity (Wildman–Crippen MR) is 117 cm³/mol. The molecule has 0 spiro atoms. The third-order valence-electron chi connectivity index (χ3n) is 4.73. The second-order valence-corrected chi connectivity index (χ2v) is 6.81. The summed E-state index contributed by atoms with van der Waals surface area (Å²) in [7, 11) is 3.20. The molecular weight excluding hydrogens is 396 g/mol. The summed E-state index contributed by atoms with van der Waals surface area (Å²) in [5, 5.41) is 5.81. The highest BCUT2D eigenvalue weighted by Gasteiger charge is 2.15. The molecule has 31 heavy (non-hydrogen) atoms. The molecule has 0 radical (unpaired) electrons. The van der Waals surface area contributed by atoms with Crippen LogP contribution in [0.5, 0.6) is 17.2 Å². The number of benzene rings is 2. The first-order valence-electron chi connectivity index (χ1n) is 9.73. The topological polar surface area (TPSA) is 98.5 Å². The van der Waals surface area contributed by atoms with Gasteiger partial charge in [0, 0.05) is 30.9 Å². The van der Waals surface area contributed by atoms with E-state index in [1.807, 2.05) is 37.3 Å². The molecule has 2 aromatic heterocycles. The molecule has 4 rings (SSSR count). The number of oxazole rings is 1. The molecule has 8 heteroatoms. The number of amides is 1. The van der Waals surface area contributed by atoms with Gasteiger partial charge in [-0.1, -0.05) is 18.2 Å². The fourth-order valence-electron chi connectivity index (χ4n) is 3.18. The van der Waals surface area contributed by atoms with E-state index in [2.05, 4.69) is 20.6 Å². The van der Waals surface area contributed by atoms with Gasteiger partial charge in [0.2, 0.25) is 0 Å². The average Bonchev–Trinajstić information content (AvgIpc) is 3.20. The number of nitrogens with one attached hydrogen (secondary N) is 2. The zero-order chi connectivity index (χ0) is 21.8. The number of carbonyl (C=O) groups is 1. The van der Waals surface area contributed by atoms with E-state index in [1.54, 1.807) is 38.4 Å². The normalized spacial score (nSPS) is 11.7. The van der Waals surface area contributed by atoms with Gasteiger partial charge >= 0.3 is 0 Å². The molecular formula is C23H22N4O4. The molecule has 0 unspecified atom stereocenters. The zero-order valence-electron chi connectivity index (χ0n) is 17.4. The van der Waals surface area contributed by atoms with E-state index >= 15 is 0 Å². The number of hydrogen-bond acceptors (Lipinski definition) is 7. The Hall–Kier alpha value is -4.07. The summed E-state index contributed by atoms with van der Waals surface area (Å²) in [5.74, 6) is 1.57. The smallest absolute Gasteiger partial charge is 0.296 e. The van der Waals surface area contributed by atoms with Crippen LogP contribution in [0.2, 0.25) is 0 Å². The predicted octanol–water partition coefficient (Wildman–Crippen LogP) is 4.56. The highest BCUT2D eigenvalue weighted by molar-refractivity contribution is 5.92. The number of anilines is 1. The largest absolute Gasteiger partial charge is 0.496 e. The molecule has 0 saturated heterocycles. The number of carbonyl (C=O) groups excluding carboxylic acids is 1. The highest BCUT2D eigenvalue weighted by Crippen LogP contribution is 2.31. The van der Waals surface area contributed by atoms with Gasteiger partial charge in [0.15, 0.2) is 5.58 Å². The lowest BCUT2D eigenvalue weighted by atomic mass is 10.1. The van der Waals surface area contributed by atoms with Crippen LogP contribution in [0.25, 0.3) is 11.1 Å². The number of fused-ring (bicyclic) bond motifs is 1. The van der Waals surface area contributed by atoms with Crippen LogP contribution in [0.4, 0.5) is 6.01 Å². The quantitative estimate of drug-likeness (QED) is 0.454. The first-order valence-corrected chi connectivity index (χ1v) is 9.73. The molecule has 2 heterocycles. The summed E-state index contributed by atoms with van der Waals surface area (Å²) in [6.45, 7) is 2.01. The van der Waals surface area contributed by atoms with Crippen LogP contribution >= 0.6 is 0 Å². The Morgan fingerprint density at radius 2 is 1.90 bits per heavy atom. The summed E-state index contributed by atoms with van der Waals surface area (Å²) >= 11 is 0. The van der Waals surface area contributed by atoms with E-state index in [4.69, 9.17) is 13.9 Å². The zero-order valence-corrected chi connectivity index (χ0v) is 17.4. The molecule has 1 amide bonds.